The van der Waals surface area contributed by atoms with Gasteiger partial charge in [-0.15, -0.1) is 11.8 Å². The third-order valence-corrected chi connectivity index (χ3v) is 2.82. The van der Waals surface area contributed by atoms with Gasteiger partial charge in [-0.1, -0.05) is 6.92 Å². The van der Waals surface area contributed by atoms with Crippen molar-refractivity contribution in [2.24, 2.45) is 0 Å². The zero-order valence-electron chi connectivity index (χ0n) is 9.04. The molecule has 0 aromatic heterocycles. The summed E-state index contributed by atoms with van der Waals surface area (Å²) in [5, 5.41) is 8.59. The van der Waals surface area contributed by atoms with E-state index in [1.54, 1.807) is 0 Å². The van der Waals surface area contributed by atoms with Crippen molar-refractivity contribution < 1.29 is 23.1 Å². The third kappa shape index (κ3) is 4.30. The van der Waals surface area contributed by atoms with Crippen molar-refractivity contribution in [3.63, 3.8) is 0 Å². The number of thioether (sulfide) groups is 1. The molecule has 2 nitrogen and oxygen atoms in total. The van der Waals surface area contributed by atoms with Gasteiger partial charge in [-0.3, -0.25) is 4.79 Å². The van der Waals surface area contributed by atoms with E-state index in [4.69, 9.17) is 5.11 Å². The number of alkyl halides is 3. The Morgan fingerprint density at radius 2 is 2.00 bits per heavy atom. The minimum Gasteiger partial charge on any atom is -0.481 e. The van der Waals surface area contributed by atoms with Gasteiger partial charge < -0.3 is 5.11 Å². The van der Waals surface area contributed by atoms with Gasteiger partial charge in [0.15, 0.2) is 0 Å². The molecule has 1 aromatic carbocycles. The molecule has 1 aromatic rings. The minimum atomic E-state index is -4.45. The van der Waals surface area contributed by atoms with Crippen LogP contribution in [-0.4, -0.2) is 16.8 Å². The highest BCUT2D eigenvalue weighted by Crippen LogP contribution is 2.33. The summed E-state index contributed by atoms with van der Waals surface area (Å²) in [5.41, 5.74) is -0.629. The highest BCUT2D eigenvalue weighted by Gasteiger charge is 2.31. The lowest BCUT2D eigenvalue weighted by Gasteiger charge is -2.10. The Bertz CT molecular complexity index is 416. The molecule has 0 heterocycles. The zero-order chi connectivity index (χ0) is 13.1. The average Bonchev–Trinajstić information content (AvgIpc) is 2.15. The normalized spacial score (nSPS) is 11.5. The first-order valence-electron chi connectivity index (χ1n) is 4.88. The number of halogens is 3. The van der Waals surface area contributed by atoms with Crippen LogP contribution in [0.2, 0.25) is 0 Å². The highest BCUT2D eigenvalue weighted by atomic mass is 32.2. The molecule has 6 heteroatoms. The summed E-state index contributed by atoms with van der Waals surface area (Å²) in [4.78, 5) is 11.0. The second kappa shape index (κ2) is 5.44. The van der Waals surface area contributed by atoms with Gasteiger partial charge >= 0.3 is 12.1 Å². The Morgan fingerprint density at radius 3 is 2.47 bits per heavy atom. The molecule has 17 heavy (non-hydrogen) atoms. The Balaban J connectivity index is 3.14. The van der Waals surface area contributed by atoms with Crippen LogP contribution in [0.4, 0.5) is 13.2 Å². The molecule has 0 fully saturated rings. The van der Waals surface area contributed by atoms with E-state index in [1.807, 2.05) is 6.92 Å². The van der Waals surface area contributed by atoms with Gasteiger partial charge in [-0.2, -0.15) is 13.2 Å². The third-order valence-electron chi connectivity index (χ3n) is 1.96. The van der Waals surface area contributed by atoms with Gasteiger partial charge in [-0.25, -0.2) is 0 Å². The van der Waals surface area contributed by atoms with Crippen molar-refractivity contribution in [1.82, 2.24) is 0 Å². The summed E-state index contributed by atoms with van der Waals surface area (Å²) in [7, 11) is 0. The van der Waals surface area contributed by atoms with E-state index in [0.717, 1.165) is 12.1 Å². The molecule has 0 aliphatic carbocycles. The van der Waals surface area contributed by atoms with E-state index < -0.39 is 24.1 Å². The topological polar surface area (TPSA) is 37.3 Å². The summed E-state index contributed by atoms with van der Waals surface area (Å²) < 4.78 is 37.7. The lowest BCUT2D eigenvalue weighted by atomic mass is 10.1. The molecule has 0 unspecified atom stereocenters. The standard InChI is InChI=1S/C11H11F3O2S/c1-2-17-9-4-7(5-10(15)16)3-8(6-9)11(12,13)14/h3-4,6H,2,5H2,1H3,(H,15,16). The molecule has 0 bridgehead atoms. The molecular formula is C11H11F3O2S. The molecule has 94 valence electrons. The van der Waals surface area contributed by atoms with Crippen molar-refractivity contribution in [3.8, 4) is 0 Å². The molecule has 0 atom stereocenters. The van der Waals surface area contributed by atoms with Crippen LogP contribution < -0.4 is 0 Å². The number of carbonyl (C=O) groups is 1. The Morgan fingerprint density at radius 1 is 1.35 bits per heavy atom. The largest absolute Gasteiger partial charge is 0.481 e. The van der Waals surface area contributed by atoms with E-state index in [-0.39, 0.29) is 5.56 Å². The highest BCUT2D eigenvalue weighted by molar-refractivity contribution is 7.99. The van der Waals surface area contributed by atoms with Gasteiger partial charge in [-0.05, 0) is 29.5 Å². The molecule has 1 rings (SSSR count). The first-order chi connectivity index (χ1) is 7.82. The summed E-state index contributed by atoms with van der Waals surface area (Å²) in [5.74, 6) is -0.509. The second-order valence-corrected chi connectivity index (χ2v) is 4.70. The number of carboxylic acid groups (broad SMARTS) is 1. The Labute approximate surface area is 101 Å². The molecule has 1 N–H and O–H groups in total. The van der Waals surface area contributed by atoms with Crippen LogP contribution in [0.1, 0.15) is 18.1 Å². The number of carboxylic acids is 1. The van der Waals surface area contributed by atoms with E-state index in [9.17, 15) is 18.0 Å². The maximum Gasteiger partial charge on any atom is 0.416 e. The van der Waals surface area contributed by atoms with E-state index in [0.29, 0.717) is 10.6 Å². The Kier molecular flexibility index (Phi) is 4.45. The number of benzene rings is 1. The molecule has 0 aliphatic rings. The molecular weight excluding hydrogens is 253 g/mol. The lowest BCUT2D eigenvalue weighted by Crippen LogP contribution is -2.08. The molecule has 0 amide bonds. The van der Waals surface area contributed by atoms with Crippen LogP contribution in [-0.2, 0) is 17.4 Å². The van der Waals surface area contributed by atoms with Crippen molar-refractivity contribution in [1.29, 1.82) is 0 Å². The second-order valence-electron chi connectivity index (χ2n) is 3.37. The molecule has 0 spiro atoms. The number of hydrogen-bond donors (Lipinski definition) is 1. The predicted octanol–water partition coefficient (Wildman–Crippen LogP) is 3.44. The fourth-order valence-electron chi connectivity index (χ4n) is 1.35. The van der Waals surface area contributed by atoms with Gasteiger partial charge in [0.25, 0.3) is 0 Å². The fraction of sp³-hybridized carbons (Fsp3) is 0.364. The van der Waals surface area contributed by atoms with Gasteiger partial charge in [0, 0.05) is 4.90 Å². The summed E-state index contributed by atoms with van der Waals surface area (Å²) in [6.45, 7) is 1.82. The van der Waals surface area contributed by atoms with Crippen molar-refractivity contribution >= 4 is 17.7 Å². The molecule has 0 saturated carbocycles. The average molecular weight is 264 g/mol. The first kappa shape index (κ1) is 13.9. The summed E-state index contributed by atoms with van der Waals surface area (Å²) in [6.07, 6.45) is -4.85. The lowest BCUT2D eigenvalue weighted by molar-refractivity contribution is -0.139. The SMILES string of the molecule is CCSc1cc(CC(=O)O)cc(C(F)(F)F)c1. The van der Waals surface area contributed by atoms with Crippen LogP contribution in [0.15, 0.2) is 23.1 Å². The van der Waals surface area contributed by atoms with Gasteiger partial charge in [0.1, 0.15) is 0 Å². The monoisotopic (exact) mass is 264 g/mol. The summed E-state index contributed by atoms with van der Waals surface area (Å²) in [6, 6.07) is 3.41. The van der Waals surface area contributed by atoms with Crippen LogP contribution in [0.5, 0.6) is 0 Å². The maximum atomic E-state index is 12.6. The smallest absolute Gasteiger partial charge is 0.416 e. The van der Waals surface area contributed by atoms with Crippen LogP contribution in [0, 0.1) is 0 Å². The Hall–Kier alpha value is -1.17. The minimum absolute atomic E-state index is 0.170. The zero-order valence-corrected chi connectivity index (χ0v) is 9.86. The van der Waals surface area contributed by atoms with E-state index in [2.05, 4.69) is 0 Å². The van der Waals surface area contributed by atoms with Crippen molar-refractivity contribution in [2.75, 3.05) is 5.75 Å². The van der Waals surface area contributed by atoms with Crippen molar-refractivity contribution in [3.05, 3.63) is 29.3 Å². The van der Waals surface area contributed by atoms with Crippen molar-refractivity contribution in [2.45, 2.75) is 24.4 Å². The first-order valence-corrected chi connectivity index (χ1v) is 5.87. The molecule has 0 aliphatic heterocycles. The quantitative estimate of drug-likeness (QED) is 0.846. The van der Waals surface area contributed by atoms with E-state index >= 15 is 0 Å². The number of rotatable bonds is 4. The van der Waals surface area contributed by atoms with Crippen LogP contribution in [0.25, 0.3) is 0 Å². The van der Waals surface area contributed by atoms with Gasteiger partial charge in [0.05, 0.1) is 12.0 Å². The van der Waals surface area contributed by atoms with Gasteiger partial charge in [0.2, 0.25) is 0 Å². The molecule has 0 radical (unpaired) electrons. The van der Waals surface area contributed by atoms with E-state index in [1.165, 1.54) is 17.8 Å². The van der Waals surface area contributed by atoms with Crippen LogP contribution >= 0.6 is 11.8 Å². The van der Waals surface area contributed by atoms with Crippen LogP contribution in [0.3, 0.4) is 0 Å². The maximum absolute atomic E-state index is 12.6. The number of aliphatic carboxylic acids is 1. The molecule has 0 saturated heterocycles. The summed E-state index contributed by atoms with van der Waals surface area (Å²) >= 11 is 1.25. The predicted molar refractivity (Wildman–Crippen MR) is 59.2 cm³/mol. The number of hydrogen-bond acceptors (Lipinski definition) is 2. The fourth-order valence-corrected chi connectivity index (χ4v) is 2.13.